The Morgan fingerprint density at radius 1 is 1.33 bits per heavy atom. The molecule has 6 heteroatoms. The first-order valence-electron chi connectivity index (χ1n) is 7.33. The highest BCUT2D eigenvalue weighted by Crippen LogP contribution is 2.26. The Balaban J connectivity index is 1.59. The van der Waals surface area contributed by atoms with Gasteiger partial charge in [-0.15, -0.1) is 0 Å². The lowest BCUT2D eigenvalue weighted by Crippen LogP contribution is -2.48. The van der Waals surface area contributed by atoms with Crippen molar-refractivity contribution in [2.24, 2.45) is 5.92 Å². The zero-order valence-corrected chi connectivity index (χ0v) is 11.7. The number of hydrogen-bond donors (Lipinski definition) is 2. The molecule has 2 heterocycles. The number of piperidine rings is 1. The number of nitrogens with zero attached hydrogens (tertiary/aromatic N) is 1. The number of rotatable bonds is 3. The molecule has 1 amide bonds. The molecule has 4 nitrogen and oxygen atoms in total. The zero-order chi connectivity index (χ0) is 14.8. The van der Waals surface area contributed by atoms with Crippen LogP contribution in [-0.4, -0.2) is 43.0 Å². The summed E-state index contributed by atoms with van der Waals surface area (Å²) in [6, 6.07) is 3.80. The summed E-state index contributed by atoms with van der Waals surface area (Å²) in [5.74, 6) is -1.43. The van der Waals surface area contributed by atoms with E-state index < -0.39 is 11.6 Å². The summed E-state index contributed by atoms with van der Waals surface area (Å²) < 4.78 is 26.0. The van der Waals surface area contributed by atoms with Crippen LogP contribution in [0.1, 0.15) is 12.8 Å². The number of anilines is 1. The second-order valence-electron chi connectivity index (χ2n) is 5.78. The molecule has 1 aromatic carbocycles. The average molecular weight is 295 g/mol. The summed E-state index contributed by atoms with van der Waals surface area (Å²) >= 11 is 0. The molecule has 2 saturated heterocycles. The van der Waals surface area contributed by atoms with Crippen molar-refractivity contribution in [3.8, 4) is 0 Å². The molecule has 1 aromatic rings. The molecule has 0 bridgehead atoms. The molecule has 0 aliphatic carbocycles. The number of benzene rings is 1. The fraction of sp³-hybridized carbons (Fsp3) is 0.533. The maximum Gasteiger partial charge on any atom is 0.238 e. The fourth-order valence-electron chi connectivity index (χ4n) is 3.32. The van der Waals surface area contributed by atoms with E-state index >= 15 is 0 Å². The van der Waals surface area contributed by atoms with Crippen molar-refractivity contribution in [2.75, 3.05) is 31.5 Å². The van der Waals surface area contributed by atoms with Crippen LogP contribution in [0.5, 0.6) is 0 Å². The van der Waals surface area contributed by atoms with Crippen LogP contribution in [-0.2, 0) is 4.79 Å². The van der Waals surface area contributed by atoms with E-state index in [-0.39, 0.29) is 11.6 Å². The summed E-state index contributed by atoms with van der Waals surface area (Å²) in [6.45, 7) is 3.14. The van der Waals surface area contributed by atoms with Crippen molar-refractivity contribution in [2.45, 2.75) is 18.9 Å². The number of amides is 1. The van der Waals surface area contributed by atoms with Gasteiger partial charge in [0, 0.05) is 24.3 Å². The van der Waals surface area contributed by atoms with Crippen LogP contribution in [0, 0.1) is 17.6 Å². The van der Waals surface area contributed by atoms with Crippen LogP contribution in [0.25, 0.3) is 0 Å². The molecule has 114 valence electrons. The Labute approximate surface area is 122 Å². The molecule has 2 fully saturated rings. The third kappa shape index (κ3) is 3.22. The SMILES string of the molecule is O=C(CN1CCCC2CNCC21)Nc1ccc(F)c(F)c1. The van der Waals surface area contributed by atoms with Crippen molar-refractivity contribution < 1.29 is 13.6 Å². The van der Waals surface area contributed by atoms with E-state index in [4.69, 9.17) is 0 Å². The molecule has 2 N–H and O–H groups in total. The fourth-order valence-corrected chi connectivity index (χ4v) is 3.32. The third-order valence-corrected chi connectivity index (χ3v) is 4.34. The molecular weight excluding hydrogens is 276 g/mol. The molecule has 2 aliphatic rings. The summed E-state index contributed by atoms with van der Waals surface area (Å²) in [4.78, 5) is 14.3. The molecule has 0 aromatic heterocycles. The van der Waals surface area contributed by atoms with Crippen molar-refractivity contribution in [1.82, 2.24) is 10.2 Å². The molecule has 2 atom stereocenters. The lowest BCUT2D eigenvalue weighted by molar-refractivity contribution is -0.118. The topological polar surface area (TPSA) is 44.4 Å². The lowest BCUT2D eigenvalue weighted by Gasteiger charge is -2.36. The Hall–Kier alpha value is -1.53. The van der Waals surface area contributed by atoms with Crippen LogP contribution in [0.4, 0.5) is 14.5 Å². The van der Waals surface area contributed by atoms with Gasteiger partial charge in [0.15, 0.2) is 11.6 Å². The Kier molecular flexibility index (Phi) is 4.17. The quantitative estimate of drug-likeness (QED) is 0.890. The summed E-state index contributed by atoms with van der Waals surface area (Å²) in [6.07, 6.45) is 2.31. The number of nitrogens with one attached hydrogen (secondary N) is 2. The minimum absolute atomic E-state index is 0.187. The predicted octanol–water partition coefficient (Wildman–Crippen LogP) is 1.59. The van der Waals surface area contributed by atoms with E-state index in [1.807, 2.05) is 0 Å². The van der Waals surface area contributed by atoms with Crippen LogP contribution in [0.2, 0.25) is 0 Å². The number of hydrogen-bond acceptors (Lipinski definition) is 3. The van der Waals surface area contributed by atoms with E-state index in [1.54, 1.807) is 0 Å². The van der Waals surface area contributed by atoms with Crippen molar-refractivity contribution in [1.29, 1.82) is 0 Å². The van der Waals surface area contributed by atoms with Gasteiger partial charge in [0.1, 0.15) is 0 Å². The van der Waals surface area contributed by atoms with Gasteiger partial charge in [-0.2, -0.15) is 0 Å². The van der Waals surface area contributed by atoms with Crippen molar-refractivity contribution in [3.05, 3.63) is 29.8 Å². The molecule has 0 saturated carbocycles. The normalized spacial score (nSPS) is 25.6. The number of carbonyl (C=O) groups excluding carboxylic acids is 1. The van der Waals surface area contributed by atoms with Gasteiger partial charge in [-0.1, -0.05) is 0 Å². The first-order chi connectivity index (χ1) is 10.1. The maximum absolute atomic E-state index is 13.1. The lowest BCUT2D eigenvalue weighted by atomic mass is 9.92. The minimum Gasteiger partial charge on any atom is -0.325 e. The van der Waals surface area contributed by atoms with Crippen LogP contribution in [0.15, 0.2) is 18.2 Å². The van der Waals surface area contributed by atoms with E-state index in [2.05, 4.69) is 15.5 Å². The predicted molar refractivity (Wildman–Crippen MR) is 75.9 cm³/mol. The smallest absolute Gasteiger partial charge is 0.238 e. The number of likely N-dealkylation sites (tertiary alicyclic amines) is 1. The van der Waals surface area contributed by atoms with Crippen molar-refractivity contribution in [3.63, 3.8) is 0 Å². The van der Waals surface area contributed by atoms with Gasteiger partial charge in [0.05, 0.1) is 6.54 Å². The number of carbonyl (C=O) groups is 1. The van der Waals surface area contributed by atoms with Gasteiger partial charge in [0.25, 0.3) is 0 Å². The first kappa shape index (κ1) is 14.4. The van der Waals surface area contributed by atoms with Crippen LogP contribution in [0.3, 0.4) is 0 Å². The van der Waals surface area contributed by atoms with Gasteiger partial charge in [-0.05, 0) is 44.0 Å². The largest absolute Gasteiger partial charge is 0.325 e. The summed E-state index contributed by atoms with van der Waals surface area (Å²) in [5, 5.41) is 6.00. The summed E-state index contributed by atoms with van der Waals surface area (Å²) in [5.41, 5.74) is 0.289. The van der Waals surface area contributed by atoms with Gasteiger partial charge < -0.3 is 10.6 Å². The van der Waals surface area contributed by atoms with Crippen LogP contribution >= 0.6 is 0 Å². The highest BCUT2D eigenvalue weighted by atomic mass is 19.2. The van der Waals surface area contributed by atoms with Gasteiger partial charge >= 0.3 is 0 Å². The highest BCUT2D eigenvalue weighted by Gasteiger charge is 2.35. The number of fused-ring (bicyclic) bond motifs is 1. The monoisotopic (exact) mass is 295 g/mol. The molecule has 0 radical (unpaired) electrons. The Morgan fingerprint density at radius 2 is 2.19 bits per heavy atom. The molecule has 21 heavy (non-hydrogen) atoms. The van der Waals surface area contributed by atoms with Gasteiger partial charge in [-0.25, -0.2) is 8.78 Å². The molecule has 0 spiro atoms. The molecule has 2 unspecified atom stereocenters. The first-order valence-corrected chi connectivity index (χ1v) is 7.33. The van der Waals surface area contributed by atoms with Gasteiger partial charge in [0.2, 0.25) is 5.91 Å². The van der Waals surface area contributed by atoms with Crippen LogP contribution < -0.4 is 10.6 Å². The third-order valence-electron chi connectivity index (χ3n) is 4.34. The Bertz CT molecular complexity index is 538. The van der Waals surface area contributed by atoms with Crippen molar-refractivity contribution >= 4 is 11.6 Å². The molecule has 3 rings (SSSR count). The maximum atomic E-state index is 13.1. The Morgan fingerprint density at radius 3 is 3.00 bits per heavy atom. The average Bonchev–Trinajstić information content (AvgIpc) is 2.92. The number of halogens is 2. The minimum atomic E-state index is -0.953. The van der Waals surface area contributed by atoms with E-state index in [0.29, 0.717) is 18.5 Å². The standard InChI is InChI=1S/C15H19F2N3O/c16-12-4-3-11(6-13(12)17)19-15(21)9-20-5-1-2-10-7-18-8-14(10)20/h3-4,6,10,14,18H,1-2,5,7-9H2,(H,19,21). The second kappa shape index (κ2) is 6.07. The van der Waals surface area contributed by atoms with E-state index in [9.17, 15) is 13.6 Å². The summed E-state index contributed by atoms with van der Waals surface area (Å²) in [7, 11) is 0. The highest BCUT2D eigenvalue weighted by molar-refractivity contribution is 5.92. The second-order valence-corrected chi connectivity index (χ2v) is 5.78. The zero-order valence-electron chi connectivity index (χ0n) is 11.7. The molecular formula is C15H19F2N3O. The van der Waals surface area contributed by atoms with Gasteiger partial charge in [-0.3, -0.25) is 9.69 Å². The van der Waals surface area contributed by atoms with E-state index in [1.165, 1.54) is 12.5 Å². The molecule has 2 aliphatic heterocycles. The van der Waals surface area contributed by atoms with E-state index in [0.717, 1.165) is 38.2 Å².